The molecule has 2 atom stereocenters. The van der Waals surface area contributed by atoms with E-state index in [1.807, 2.05) is 0 Å². The van der Waals surface area contributed by atoms with Crippen molar-refractivity contribution in [3.05, 3.63) is 0 Å². The highest BCUT2D eigenvalue weighted by Crippen LogP contribution is 2.09. The quantitative estimate of drug-likeness (QED) is 0.388. The normalized spacial score (nSPS) is 14.9. The van der Waals surface area contributed by atoms with E-state index in [9.17, 15) is 22.8 Å². The van der Waals surface area contributed by atoms with Crippen LogP contribution in [0.15, 0.2) is 0 Å². The summed E-state index contributed by atoms with van der Waals surface area (Å²) < 4.78 is 33.5. The van der Waals surface area contributed by atoms with Crippen LogP contribution in [0, 0.1) is 0 Å². The Morgan fingerprint density at radius 1 is 1.06 bits per heavy atom. The van der Waals surface area contributed by atoms with Crippen LogP contribution < -0.4 is 0 Å². The van der Waals surface area contributed by atoms with Gasteiger partial charge in [-0.2, -0.15) is 8.42 Å². The second-order valence-electron chi connectivity index (χ2n) is 2.75. The van der Waals surface area contributed by atoms with E-state index in [4.69, 9.17) is 19.9 Å². The zero-order valence-corrected chi connectivity index (χ0v) is 8.82. The molecule has 0 bridgehead atoms. The third kappa shape index (κ3) is 5.24. The molecule has 0 saturated carbocycles. The zero-order chi connectivity index (χ0) is 13.8. The fourth-order valence-electron chi connectivity index (χ4n) is 0.757. The molecule has 0 rings (SSSR count). The molecule has 4 N–H and O–H groups in total. The molecule has 98 valence electrons. The number of carbonyl (C=O) groups is 3. The first-order chi connectivity index (χ1) is 7.55. The van der Waals surface area contributed by atoms with Crippen LogP contribution in [-0.2, 0) is 29.2 Å². The van der Waals surface area contributed by atoms with Gasteiger partial charge in [-0.3, -0.25) is 9.35 Å². The zero-order valence-electron chi connectivity index (χ0n) is 8.01. The molecule has 11 heteroatoms. The molecule has 0 amide bonds. The van der Waals surface area contributed by atoms with Crippen molar-refractivity contribution in [1.82, 2.24) is 0 Å². The van der Waals surface area contributed by atoms with Gasteiger partial charge in [0, 0.05) is 0 Å². The predicted molar refractivity (Wildman–Crippen MR) is 47.7 cm³/mol. The Balaban J connectivity index is 5.01. The SMILES string of the molecule is O=C(O)CC(OC(C(=O)O)S(=O)(=O)O)C(=O)O. The summed E-state index contributed by atoms with van der Waals surface area (Å²) in [5.41, 5.74) is -2.86. The van der Waals surface area contributed by atoms with E-state index in [-0.39, 0.29) is 0 Å². The molecule has 0 aromatic carbocycles. The molecule has 0 aromatic rings. The van der Waals surface area contributed by atoms with Crippen molar-refractivity contribution in [2.75, 3.05) is 0 Å². The van der Waals surface area contributed by atoms with Crippen molar-refractivity contribution >= 4 is 28.0 Å². The topological polar surface area (TPSA) is 175 Å². The molecule has 0 spiro atoms. The Morgan fingerprint density at radius 2 is 1.53 bits per heavy atom. The van der Waals surface area contributed by atoms with E-state index < -0.39 is 46.0 Å². The molecular weight excluding hydrogens is 264 g/mol. The van der Waals surface area contributed by atoms with Crippen LogP contribution >= 0.6 is 0 Å². The third-order valence-corrected chi connectivity index (χ3v) is 2.25. The lowest BCUT2D eigenvalue weighted by molar-refractivity contribution is -0.164. The van der Waals surface area contributed by atoms with Crippen molar-refractivity contribution in [1.29, 1.82) is 0 Å². The summed E-state index contributed by atoms with van der Waals surface area (Å²) in [5.74, 6) is -5.68. The van der Waals surface area contributed by atoms with E-state index in [0.717, 1.165) is 0 Å². The second kappa shape index (κ2) is 5.56. The van der Waals surface area contributed by atoms with Crippen molar-refractivity contribution in [2.45, 2.75) is 18.0 Å². The maximum absolute atomic E-state index is 10.5. The summed E-state index contributed by atoms with van der Waals surface area (Å²) in [4.78, 5) is 31.1. The predicted octanol–water partition coefficient (Wildman–Crippen LogP) is -1.77. The van der Waals surface area contributed by atoms with Crippen LogP contribution in [0.1, 0.15) is 6.42 Å². The van der Waals surface area contributed by atoms with Gasteiger partial charge in [0.1, 0.15) is 0 Å². The molecule has 0 aromatic heterocycles. The lowest BCUT2D eigenvalue weighted by Crippen LogP contribution is -2.39. The van der Waals surface area contributed by atoms with E-state index in [2.05, 4.69) is 4.74 Å². The molecule has 0 radical (unpaired) electrons. The first kappa shape index (κ1) is 15.3. The minimum absolute atomic E-state index is 1.16. The van der Waals surface area contributed by atoms with E-state index in [1.54, 1.807) is 0 Å². The van der Waals surface area contributed by atoms with Gasteiger partial charge in [0.15, 0.2) is 6.10 Å². The van der Waals surface area contributed by atoms with Crippen LogP contribution in [0.3, 0.4) is 0 Å². The first-order valence-corrected chi connectivity index (χ1v) is 5.35. The van der Waals surface area contributed by atoms with Crippen molar-refractivity contribution < 1.29 is 47.4 Å². The summed E-state index contributed by atoms with van der Waals surface area (Å²) in [7, 11) is -5.21. The molecule has 17 heavy (non-hydrogen) atoms. The standard InChI is InChI=1S/C6H8O10S/c7-3(8)1-2(4(9)10)16-6(5(11)12)17(13,14)15/h2,6H,1H2,(H,7,8)(H,9,10)(H,11,12)(H,13,14,15). The second-order valence-corrected chi connectivity index (χ2v) is 4.20. The van der Waals surface area contributed by atoms with Gasteiger partial charge in [-0.25, -0.2) is 9.59 Å². The highest BCUT2D eigenvalue weighted by molar-refractivity contribution is 7.87. The monoisotopic (exact) mass is 272 g/mol. The smallest absolute Gasteiger partial charge is 0.351 e. The number of carboxylic acids is 3. The number of hydrogen-bond acceptors (Lipinski definition) is 6. The lowest BCUT2D eigenvalue weighted by atomic mass is 10.2. The average molecular weight is 272 g/mol. The Morgan fingerprint density at radius 3 is 1.76 bits per heavy atom. The fourth-order valence-corrected chi connectivity index (χ4v) is 1.29. The van der Waals surface area contributed by atoms with Crippen LogP contribution in [0.5, 0.6) is 0 Å². The largest absolute Gasteiger partial charge is 0.481 e. The minimum atomic E-state index is -5.21. The van der Waals surface area contributed by atoms with Gasteiger partial charge in [-0.1, -0.05) is 0 Å². The Kier molecular flexibility index (Phi) is 5.00. The van der Waals surface area contributed by atoms with Gasteiger partial charge in [0.2, 0.25) is 0 Å². The molecule has 2 unspecified atom stereocenters. The number of rotatable bonds is 7. The maximum atomic E-state index is 10.5. The van der Waals surface area contributed by atoms with Gasteiger partial charge in [-0.15, -0.1) is 0 Å². The molecule has 0 heterocycles. The van der Waals surface area contributed by atoms with Gasteiger partial charge < -0.3 is 20.1 Å². The van der Waals surface area contributed by atoms with Gasteiger partial charge in [0.05, 0.1) is 6.42 Å². The number of hydrogen-bond donors (Lipinski definition) is 4. The summed E-state index contributed by atoms with van der Waals surface area (Å²) in [6.07, 6.45) is -3.37. The Labute approximate surface area is 94.2 Å². The van der Waals surface area contributed by atoms with Crippen molar-refractivity contribution in [2.24, 2.45) is 0 Å². The van der Waals surface area contributed by atoms with Crippen LogP contribution in [-0.4, -0.2) is 57.7 Å². The minimum Gasteiger partial charge on any atom is -0.481 e. The van der Waals surface area contributed by atoms with Crippen molar-refractivity contribution in [3.63, 3.8) is 0 Å². The first-order valence-electron chi connectivity index (χ1n) is 3.85. The molecule has 0 fully saturated rings. The molecule has 0 saturated heterocycles. The van der Waals surface area contributed by atoms with E-state index >= 15 is 0 Å². The van der Waals surface area contributed by atoms with E-state index in [0.29, 0.717) is 0 Å². The van der Waals surface area contributed by atoms with Crippen LogP contribution in [0.4, 0.5) is 0 Å². The van der Waals surface area contributed by atoms with Gasteiger partial charge in [0.25, 0.3) is 5.44 Å². The molecule has 0 aliphatic rings. The van der Waals surface area contributed by atoms with Gasteiger partial charge in [-0.05, 0) is 0 Å². The Hall–Kier alpha value is -1.72. The molecule has 0 aliphatic heterocycles. The molecule has 10 nitrogen and oxygen atoms in total. The number of aliphatic carboxylic acids is 3. The number of carboxylic acid groups (broad SMARTS) is 3. The fraction of sp³-hybridized carbons (Fsp3) is 0.500. The summed E-state index contributed by atoms with van der Waals surface area (Å²) >= 11 is 0. The van der Waals surface area contributed by atoms with Crippen LogP contribution in [0.2, 0.25) is 0 Å². The van der Waals surface area contributed by atoms with Crippen LogP contribution in [0.25, 0.3) is 0 Å². The third-order valence-electron chi connectivity index (χ3n) is 1.40. The average Bonchev–Trinajstić information content (AvgIpc) is 2.07. The summed E-state index contributed by atoms with van der Waals surface area (Å²) in [6, 6.07) is 0. The highest BCUT2D eigenvalue weighted by atomic mass is 32.2. The van der Waals surface area contributed by atoms with Crippen molar-refractivity contribution in [3.8, 4) is 0 Å². The molecular formula is C6H8O10S. The number of ether oxygens (including phenoxy) is 1. The lowest BCUT2D eigenvalue weighted by Gasteiger charge is -2.15. The summed E-state index contributed by atoms with van der Waals surface area (Å²) in [5, 5.41) is 25.1. The van der Waals surface area contributed by atoms with Gasteiger partial charge >= 0.3 is 28.0 Å². The summed E-state index contributed by atoms with van der Waals surface area (Å²) in [6.45, 7) is 0. The highest BCUT2D eigenvalue weighted by Gasteiger charge is 2.37. The maximum Gasteiger partial charge on any atom is 0.351 e. The Bertz CT molecular complexity index is 422. The molecule has 0 aliphatic carbocycles. The van der Waals surface area contributed by atoms with E-state index in [1.165, 1.54) is 0 Å².